The molecule has 0 saturated heterocycles. The van der Waals surface area contributed by atoms with Crippen LogP contribution in [0.15, 0.2) is 18.2 Å². The standard InChI is InChI=1S/C15H23FO/c1-10(2)14(15(3,4)5)12-8-7-11(16)9-13(12)17-6/h7-10,14H,1-6H3. The number of benzene rings is 1. The van der Waals surface area contributed by atoms with Crippen molar-refractivity contribution in [3.8, 4) is 5.75 Å². The normalized spacial score (nSPS) is 13.9. The van der Waals surface area contributed by atoms with Crippen LogP contribution in [0.1, 0.15) is 46.1 Å². The Bertz CT molecular complexity index is 377. The molecule has 1 aromatic carbocycles. The third kappa shape index (κ3) is 3.21. The van der Waals surface area contributed by atoms with Gasteiger partial charge >= 0.3 is 0 Å². The van der Waals surface area contributed by atoms with Crippen molar-refractivity contribution in [1.29, 1.82) is 0 Å². The van der Waals surface area contributed by atoms with E-state index in [2.05, 4.69) is 34.6 Å². The van der Waals surface area contributed by atoms with Gasteiger partial charge in [-0.25, -0.2) is 4.39 Å². The number of hydrogen-bond acceptors (Lipinski definition) is 1. The van der Waals surface area contributed by atoms with Gasteiger partial charge in [0.25, 0.3) is 0 Å². The molecule has 1 nitrogen and oxygen atoms in total. The lowest BCUT2D eigenvalue weighted by Crippen LogP contribution is -2.23. The molecule has 0 fully saturated rings. The van der Waals surface area contributed by atoms with E-state index in [1.807, 2.05) is 6.07 Å². The molecular formula is C15H23FO. The molecule has 96 valence electrons. The second-order valence-corrected chi connectivity index (χ2v) is 5.97. The minimum Gasteiger partial charge on any atom is -0.496 e. The van der Waals surface area contributed by atoms with Crippen molar-refractivity contribution < 1.29 is 9.13 Å². The van der Waals surface area contributed by atoms with Crippen molar-refractivity contribution >= 4 is 0 Å². The fraction of sp³-hybridized carbons (Fsp3) is 0.600. The monoisotopic (exact) mass is 238 g/mol. The topological polar surface area (TPSA) is 9.23 Å². The highest BCUT2D eigenvalue weighted by Gasteiger charge is 2.31. The number of rotatable bonds is 3. The first-order valence-electron chi connectivity index (χ1n) is 6.10. The predicted octanol–water partition coefficient (Wildman–Crippen LogP) is 4.62. The van der Waals surface area contributed by atoms with Crippen LogP contribution in [-0.4, -0.2) is 7.11 Å². The van der Waals surface area contributed by atoms with Gasteiger partial charge in [-0.05, 0) is 28.9 Å². The molecule has 0 aliphatic heterocycles. The molecule has 0 saturated carbocycles. The van der Waals surface area contributed by atoms with Crippen molar-refractivity contribution in [2.45, 2.75) is 40.5 Å². The highest BCUT2D eigenvalue weighted by molar-refractivity contribution is 5.38. The van der Waals surface area contributed by atoms with E-state index in [0.717, 1.165) is 5.56 Å². The summed E-state index contributed by atoms with van der Waals surface area (Å²) in [7, 11) is 1.60. The minimum absolute atomic E-state index is 0.124. The van der Waals surface area contributed by atoms with E-state index in [9.17, 15) is 4.39 Å². The summed E-state index contributed by atoms with van der Waals surface area (Å²) in [6.07, 6.45) is 0. The third-order valence-electron chi connectivity index (χ3n) is 3.13. The number of hydrogen-bond donors (Lipinski definition) is 0. The largest absolute Gasteiger partial charge is 0.496 e. The smallest absolute Gasteiger partial charge is 0.126 e. The Balaban J connectivity index is 3.28. The van der Waals surface area contributed by atoms with Crippen LogP contribution >= 0.6 is 0 Å². The molecule has 0 radical (unpaired) electrons. The molecule has 0 N–H and O–H groups in total. The molecule has 1 aromatic rings. The highest BCUT2D eigenvalue weighted by atomic mass is 19.1. The summed E-state index contributed by atoms with van der Waals surface area (Å²) in [5.74, 6) is 1.23. The van der Waals surface area contributed by atoms with Crippen molar-refractivity contribution in [3.05, 3.63) is 29.6 Å². The van der Waals surface area contributed by atoms with Gasteiger partial charge in [-0.2, -0.15) is 0 Å². The first kappa shape index (κ1) is 14.0. The molecule has 17 heavy (non-hydrogen) atoms. The fourth-order valence-corrected chi connectivity index (χ4v) is 2.77. The van der Waals surface area contributed by atoms with E-state index in [-0.39, 0.29) is 11.2 Å². The van der Waals surface area contributed by atoms with Crippen molar-refractivity contribution in [3.63, 3.8) is 0 Å². The maximum absolute atomic E-state index is 13.2. The summed E-state index contributed by atoms with van der Waals surface area (Å²) in [5.41, 5.74) is 1.22. The SMILES string of the molecule is COc1cc(F)ccc1C(C(C)C)C(C)(C)C. The average Bonchev–Trinajstić information content (AvgIpc) is 2.17. The summed E-state index contributed by atoms with van der Waals surface area (Å²) in [4.78, 5) is 0. The second-order valence-electron chi connectivity index (χ2n) is 5.97. The second kappa shape index (κ2) is 5.07. The quantitative estimate of drug-likeness (QED) is 0.746. The van der Waals surface area contributed by atoms with Crippen LogP contribution in [0.2, 0.25) is 0 Å². The van der Waals surface area contributed by atoms with Gasteiger partial charge in [0.1, 0.15) is 11.6 Å². The van der Waals surface area contributed by atoms with Crippen LogP contribution < -0.4 is 4.74 Å². The van der Waals surface area contributed by atoms with Crippen molar-refractivity contribution in [2.75, 3.05) is 7.11 Å². The zero-order valence-electron chi connectivity index (χ0n) is 11.7. The van der Waals surface area contributed by atoms with Crippen molar-refractivity contribution in [1.82, 2.24) is 0 Å². The number of ether oxygens (including phenoxy) is 1. The molecule has 0 aromatic heterocycles. The maximum atomic E-state index is 13.2. The average molecular weight is 238 g/mol. The van der Waals surface area contributed by atoms with E-state index in [1.165, 1.54) is 12.1 Å². The van der Waals surface area contributed by atoms with Gasteiger partial charge in [-0.15, -0.1) is 0 Å². The van der Waals surface area contributed by atoms with Gasteiger partial charge in [-0.1, -0.05) is 40.7 Å². The number of methoxy groups -OCH3 is 1. The molecule has 0 amide bonds. The van der Waals surface area contributed by atoms with Crippen LogP contribution in [0.5, 0.6) is 5.75 Å². The van der Waals surface area contributed by atoms with E-state index in [4.69, 9.17) is 4.74 Å². The van der Waals surface area contributed by atoms with Gasteiger partial charge in [0.2, 0.25) is 0 Å². The van der Waals surface area contributed by atoms with Crippen LogP contribution in [0.25, 0.3) is 0 Å². The zero-order valence-corrected chi connectivity index (χ0v) is 11.7. The lowest BCUT2D eigenvalue weighted by Gasteiger charge is -2.35. The summed E-state index contributed by atoms with van der Waals surface area (Å²) >= 11 is 0. The Morgan fingerprint density at radius 3 is 2.18 bits per heavy atom. The summed E-state index contributed by atoms with van der Waals surface area (Å²) < 4.78 is 18.5. The van der Waals surface area contributed by atoms with Gasteiger partial charge in [0, 0.05) is 6.07 Å². The Kier molecular flexibility index (Phi) is 4.18. The van der Waals surface area contributed by atoms with Crippen molar-refractivity contribution in [2.24, 2.45) is 11.3 Å². The van der Waals surface area contributed by atoms with Crippen LogP contribution in [-0.2, 0) is 0 Å². The summed E-state index contributed by atoms with van der Waals surface area (Å²) in [6.45, 7) is 11.0. The maximum Gasteiger partial charge on any atom is 0.126 e. The minimum atomic E-state index is -0.248. The third-order valence-corrected chi connectivity index (χ3v) is 3.13. The first-order valence-corrected chi connectivity index (χ1v) is 6.10. The Labute approximate surface area is 104 Å². The molecule has 2 heteroatoms. The zero-order chi connectivity index (χ0) is 13.2. The Morgan fingerprint density at radius 2 is 1.76 bits per heavy atom. The molecule has 1 atom stereocenters. The van der Waals surface area contributed by atoms with E-state index >= 15 is 0 Å². The first-order chi connectivity index (χ1) is 7.77. The molecule has 0 aliphatic rings. The molecule has 0 spiro atoms. The molecule has 1 rings (SSSR count). The summed E-state index contributed by atoms with van der Waals surface area (Å²) in [6, 6.07) is 4.83. The van der Waals surface area contributed by atoms with Crippen LogP contribution in [0, 0.1) is 17.2 Å². The highest BCUT2D eigenvalue weighted by Crippen LogP contribution is 2.44. The van der Waals surface area contributed by atoms with Crippen LogP contribution in [0.4, 0.5) is 4.39 Å². The lowest BCUT2D eigenvalue weighted by molar-refractivity contribution is 0.250. The Morgan fingerprint density at radius 1 is 1.18 bits per heavy atom. The fourth-order valence-electron chi connectivity index (χ4n) is 2.77. The van der Waals surface area contributed by atoms with Gasteiger partial charge in [-0.3, -0.25) is 0 Å². The molecule has 0 bridgehead atoms. The molecule has 1 unspecified atom stereocenters. The molecular weight excluding hydrogens is 215 g/mol. The predicted molar refractivity (Wildman–Crippen MR) is 70.0 cm³/mol. The van der Waals surface area contributed by atoms with Gasteiger partial charge < -0.3 is 4.74 Å². The van der Waals surface area contributed by atoms with Crippen LogP contribution in [0.3, 0.4) is 0 Å². The number of halogens is 1. The van der Waals surface area contributed by atoms with E-state index < -0.39 is 0 Å². The summed E-state index contributed by atoms with van der Waals surface area (Å²) in [5, 5.41) is 0. The van der Waals surface area contributed by atoms with E-state index in [1.54, 1.807) is 7.11 Å². The lowest BCUT2D eigenvalue weighted by atomic mass is 9.70. The van der Waals surface area contributed by atoms with Gasteiger partial charge in [0.15, 0.2) is 0 Å². The van der Waals surface area contributed by atoms with Gasteiger partial charge in [0.05, 0.1) is 7.11 Å². The molecule has 0 heterocycles. The Hall–Kier alpha value is -1.05. The van der Waals surface area contributed by atoms with E-state index in [0.29, 0.717) is 17.6 Å². The molecule has 0 aliphatic carbocycles.